The Balaban J connectivity index is 2.29. The number of thiophene rings is 1. The van der Waals surface area contributed by atoms with Crippen molar-refractivity contribution in [2.75, 3.05) is 18.8 Å². The maximum Gasteiger partial charge on any atom is 0.212 e. The summed E-state index contributed by atoms with van der Waals surface area (Å²) in [6, 6.07) is 2.01. The average molecular weight is 406 g/mol. The number of hydrogen-bond donors (Lipinski definition) is 2. The molecule has 17 heavy (non-hydrogen) atoms. The van der Waals surface area contributed by atoms with Crippen LogP contribution in [0.4, 0.5) is 0 Å². The first-order chi connectivity index (χ1) is 7.94. The van der Waals surface area contributed by atoms with Gasteiger partial charge in [-0.2, -0.15) is 0 Å². The van der Waals surface area contributed by atoms with E-state index in [1.807, 2.05) is 6.07 Å². The van der Waals surface area contributed by atoms with Gasteiger partial charge in [-0.15, -0.1) is 11.3 Å². The maximum absolute atomic E-state index is 11.3. The molecule has 0 aromatic carbocycles. The maximum atomic E-state index is 11.3. The molecule has 0 atom stereocenters. The Bertz CT molecular complexity index is 440. The van der Waals surface area contributed by atoms with Gasteiger partial charge >= 0.3 is 0 Å². The van der Waals surface area contributed by atoms with Crippen molar-refractivity contribution >= 4 is 53.2 Å². The van der Waals surface area contributed by atoms with Gasteiger partial charge in [0, 0.05) is 29.0 Å². The van der Waals surface area contributed by atoms with Gasteiger partial charge in [-0.05, 0) is 37.9 Å². The highest BCUT2D eigenvalue weighted by Gasteiger charge is 2.08. The molecule has 0 saturated carbocycles. The first kappa shape index (κ1) is 15.6. The summed E-state index contributed by atoms with van der Waals surface area (Å²) >= 11 is 8.45. The highest BCUT2D eigenvalue weighted by atomic mass is 79.9. The van der Waals surface area contributed by atoms with E-state index in [1.165, 1.54) is 0 Å². The van der Waals surface area contributed by atoms with Crippen molar-refractivity contribution in [3.05, 3.63) is 19.2 Å². The van der Waals surface area contributed by atoms with Gasteiger partial charge in [0.1, 0.15) is 0 Å². The lowest BCUT2D eigenvalue weighted by Crippen LogP contribution is -2.31. The van der Waals surface area contributed by atoms with Gasteiger partial charge in [-0.3, -0.25) is 0 Å². The topological polar surface area (TPSA) is 58.2 Å². The molecule has 0 aliphatic carbocycles. The van der Waals surface area contributed by atoms with Crippen molar-refractivity contribution in [2.45, 2.75) is 13.5 Å². The van der Waals surface area contributed by atoms with E-state index in [2.05, 4.69) is 41.9 Å². The Morgan fingerprint density at radius 1 is 1.41 bits per heavy atom. The Kier molecular flexibility index (Phi) is 6.60. The molecule has 2 N–H and O–H groups in total. The number of nitrogens with one attached hydrogen (secondary N) is 2. The van der Waals surface area contributed by atoms with Gasteiger partial charge < -0.3 is 5.32 Å². The summed E-state index contributed by atoms with van der Waals surface area (Å²) in [4.78, 5) is 1.16. The van der Waals surface area contributed by atoms with E-state index >= 15 is 0 Å². The summed E-state index contributed by atoms with van der Waals surface area (Å²) in [5, 5.41) is 3.11. The molecule has 0 radical (unpaired) electrons. The third-order valence-electron chi connectivity index (χ3n) is 1.91. The van der Waals surface area contributed by atoms with Crippen LogP contribution in [0.25, 0.3) is 0 Å². The molecule has 0 bridgehead atoms. The summed E-state index contributed by atoms with van der Waals surface area (Å²) in [5.41, 5.74) is 0. The fourth-order valence-electron chi connectivity index (χ4n) is 1.19. The van der Waals surface area contributed by atoms with Crippen molar-refractivity contribution in [3.8, 4) is 0 Å². The molecule has 1 heterocycles. The van der Waals surface area contributed by atoms with Crippen LogP contribution in [0.15, 0.2) is 14.3 Å². The summed E-state index contributed by atoms with van der Waals surface area (Å²) in [7, 11) is -3.12. The summed E-state index contributed by atoms with van der Waals surface area (Å²) < 4.78 is 27.2. The van der Waals surface area contributed by atoms with Gasteiger partial charge in [-0.1, -0.05) is 6.92 Å². The van der Waals surface area contributed by atoms with Crippen LogP contribution >= 0.6 is 43.2 Å². The van der Waals surface area contributed by atoms with Gasteiger partial charge in [0.05, 0.1) is 9.54 Å². The van der Waals surface area contributed by atoms with Crippen LogP contribution in [0.5, 0.6) is 0 Å². The third-order valence-corrected chi connectivity index (χ3v) is 6.63. The van der Waals surface area contributed by atoms with Crippen LogP contribution in [0.2, 0.25) is 0 Å². The molecular formula is C9H14Br2N2O2S2. The van der Waals surface area contributed by atoms with Crippen LogP contribution in [-0.2, 0) is 16.6 Å². The fraction of sp³-hybridized carbons (Fsp3) is 0.556. The Morgan fingerprint density at radius 3 is 2.65 bits per heavy atom. The van der Waals surface area contributed by atoms with Crippen LogP contribution in [-0.4, -0.2) is 27.3 Å². The van der Waals surface area contributed by atoms with Gasteiger partial charge in [0.15, 0.2) is 0 Å². The summed E-state index contributed by atoms with van der Waals surface area (Å²) in [6.45, 7) is 3.33. The van der Waals surface area contributed by atoms with E-state index in [0.717, 1.165) is 13.1 Å². The minimum atomic E-state index is -3.12. The van der Waals surface area contributed by atoms with Crippen molar-refractivity contribution in [1.82, 2.24) is 10.0 Å². The first-order valence-corrected chi connectivity index (χ1v) is 9.12. The number of sulfonamides is 1. The molecule has 0 fully saturated rings. The van der Waals surface area contributed by atoms with Gasteiger partial charge in [0.2, 0.25) is 10.0 Å². The molecule has 8 heteroatoms. The molecule has 1 aromatic heterocycles. The number of rotatable bonds is 7. The van der Waals surface area contributed by atoms with E-state index in [1.54, 1.807) is 18.3 Å². The van der Waals surface area contributed by atoms with Crippen LogP contribution < -0.4 is 10.0 Å². The zero-order valence-corrected chi connectivity index (χ0v) is 14.1. The predicted octanol–water partition coefficient (Wildman–Crippen LogP) is 2.30. The highest BCUT2D eigenvalue weighted by molar-refractivity contribution is 9.13. The second-order valence-corrected chi connectivity index (χ2v) is 8.56. The quantitative estimate of drug-likeness (QED) is 0.684. The van der Waals surface area contributed by atoms with Gasteiger partial charge in [-0.25, -0.2) is 13.1 Å². The number of halogens is 2. The van der Waals surface area contributed by atoms with Gasteiger partial charge in [0.25, 0.3) is 0 Å². The van der Waals surface area contributed by atoms with E-state index in [0.29, 0.717) is 19.6 Å². The van der Waals surface area contributed by atoms with Crippen molar-refractivity contribution in [2.24, 2.45) is 0 Å². The third kappa shape index (κ3) is 5.80. The predicted molar refractivity (Wildman–Crippen MR) is 78.9 cm³/mol. The summed E-state index contributed by atoms with van der Waals surface area (Å²) in [6.07, 6.45) is 0. The van der Waals surface area contributed by atoms with E-state index in [9.17, 15) is 8.42 Å². The SMILES string of the molecule is CCNS(=O)(=O)CCNCc1cc(Br)c(Br)s1. The minimum Gasteiger partial charge on any atom is -0.311 e. The molecular weight excluding hydrogens is 392 g/mol. The smallest absolute Gasteiger partial charge is 0.212 e. The molecule has 0 aliphatic rings. The van der Waals surface area contributed by atoms with Crippen LogP contribution in [0.1, 0.15) is 11.8 Å². The second kappa shape index (κ2) is 7.20. The molecule has 0 unspecified atom stereocenters. The Labute approximate surface area is 122 Å². The largest absolute Gasteiger partial charge is 0.311 e. The molecule has 0 amide bonds. The lowest BCUT2D eigenvalue weighted by Gasteiger charge is -2.05. The molecule has 98 valence electrons. The number of hydrogen-bond acceptors (Lipinski definition) is 4. The summed E-state index contributed by atoms with van der Waals surface area (Å²) in [5.74, 6) is 0.106. The van der Waals surface area contributed by atoms with Crippen molar-refractivity contribution in [3.63, 3.8) is 0 Å². The molecule has 0 aliphatic heterocycles. The second-order valence-electron chi connectivity index (χ2n) is 3.33. The van der Waals surface area contributed by atoms with E-state index in [4.69, 9.17) is 0 Å². The zero-order chi connectivity index (χ0) is 12.9. The zero-order valence-electron chi connectivity index (χ0n) is 9.29. The lowest BCUT2D eigenvalue weighted by molar-refractivity contribution is 0.579. The highest BCUT2D eigenvalue weighted by Crippen LogP contribution is 2.32. The minimum absolute atomic E-state index is 0.106. The van der Waals surface area contributed by atoms with Crippen molar-refractivity contribution < 1.29 is 8.42 Å². The molecule has 4 nitrogen and oxygen atoms in total. The first-order valence-electron chi connectivity index (χ1n) is 5.06. The normalized spacial score (nSPS) is 11.9. The lowest BCUT2D eigenvalue weighted by atomic mass is 10.4. The monoisotopic (exact) mass is 404 g/mol. The Morgan fingerprint density at radius 2 is 2.12 bits per heavy atom. The fourth-order valence-corrected chi connectivity index (χ4v) is 4.33. The average Bonchev–Trinajstić information content (AvgIpc) is 2.53. The molecule has 0 spiro atoms. The molecule has 1 rings (SSSR count). The van der Waals surface area contributed by atoms with Crippen molar-refractivity contribution in [1.29, 1.82) is 0 Å². The van der Waals surface area contributed by atoms with E-state index < -0.39 is 10.0 Å². The van der Waals surface area contributed by atoms with Crippen LogP contribution in [0.3, 0.4) is 0 Å². The van der Waals surface area contributed by atoms with E-state index in [-0.39, 0.29) is 5.75 Å². The molecule has 0 saturated heterocycles. The Hall–Kier alpha value is 0.530. The molecule has 1 aromatic rings. The standard InChI is InChI=1S/C9H14Br2N2O2S2/c1-2-13-17(14,15)4-3-12-6-7-5-8(10)9(11)16-7/h5,12-13H,2-4,6H2,1H3. The van der Waals surface area contributed by atoms with Crippen LogP contribution in [0, 0.1) is 0 Å².